The molecule has 1 heterocycles. The molecule has 0 aromatic rings. The fourth-order valence-corrected chi connectivity index (χ4v) is 3.65. The molecule has 0 spiro atoms. The summed E-state index contributed by atoms with van der Waals surface area (Å²) in [4.78, 5) is 0. The standard InChI is InChI=1S/C22H44O5/c1-3-4-5-6-7-8-9-10-11-12-13-14-15-16-17-26-22-21(25)20(24)19(23)18(2)27-22/h18-25H,3-17H2,1-2H3/t18?,19-,20?,21?,22+/m0/s1. The molecule has 1 aliphatic rings. The van der Waals surface area contributed by atoms with E-state index in [1.165, 1.54) is 77.0 Å². The SMILES string of the molecule is CCCCCCCCCCCCCCCCO[C@@H]1OC(C)[C@H](O)C(O)C1O. The summed E-state index contributed by atoms with van der Waals surface area (Å²) in [6.45, 7) is 4.44. The molecule has 5 heteroatoms. The Morgan fingerprint density at radius 1 is 0.630 bits per heavy atom. The summed E-state index contributed by atoms with van der Waals surface area (Å²) in [6.07, 6.45) is 13.5. The van der Waals surface area contributed by atoms with Gasteiger partial charge in [0.15, 0.2) is 6.29 Å². The quantitative estimate of drug-likeness (QED) is 0.343. The molecule has 27 heavy (non-hydrogen) atoms. The van der Waals surface area contributed by atoms with Gasteiger partial charge in [-0.25, -0.2) is 0 Å². The Morgan fingerprint density at radius 3 is 1.56 bits per heavy atom. The first-order valence-electron chi connectivity index (χ1n) is 11.4. The van der Waals surface area contributed by atoms with E-state index in [-0.39, 0.29) is 0 Å². The van der Waals surface area contributed by atoms with Crippen molar-refractivity contribution in [3.8, 4) is 0 Å². The Morgan fingerprint density at radius 2 is 1.07 bits per heavy atom. The van der Waals surface area contributed by atoms with E-state index in [1.54, 1.807) is 6.92 Å². The van der Waals surface area contributed by atoms with E-state index in [4.69, 9.17) is 9.47 Å². The van der Waals surface area contributed by atoms with Gasteiger partial charge in [-0.3, -0.25) is 0 Å². The normalized spacial score (nSPS) is 28.6. The highest BCUT2D eigenvalue weighted by atomic mass is 16.7. The number of ether oxygens (including phenoxy) is 2. The predicted molar refractivity (Wildman–Crippen MR) is 109 cm³/mol. The fraction of sp³-hybridized carbons (Fsp3) is 1.00. The van der Waals surface area contributed by atoms with E-state index in [1.807, 2.05) is 0 Å². The van der Waals surface area contributed by atoms with Crippen molar-refractivity contribution < 1.29 is 24.8 Å². The average molecular weight is 389 g/mol. The van der Waals surface area contributed by atoms with Crippen molar-refractivity contribution in [3.05, 3.63) is 0 Å². The number of unbranched alkanes of at least 4 members (excludes halogenated alkanes) is 13. The third-order valence-corrected chi connectivity index (χ3v) is 5.59. The molecule has 5 atom stereocenters. The molecular formula is C22H44O5. The van der Waals surface area contributed by atoms with Gasteiger partial charge in [-0.2, -0.15) is 0 Å². The largest absolute Gasteiger partial charge is 0.388 e. The molecule has 0 radical (unpaired) electrons. The summed E-state index contributed by atoms with van der Waals surface area (Å²) in [5.74, 6) is 0. The Labute approximate surface area is 166 Å². The van der Waals surface area contributed by atoms with E-state index in [9.17, 15) is 15.3 Å². The fourth-order valence-electron chi connectivity index (χ4n) is 3.65. The lowest BCUT2D eigenvalue weighted by Crippen LogP contribution is -2.57. The number of rotatable bonds is 16. The molecule has 0 amide bonds. The number of aliphatic hydroxyl groups is 3. The molecule has 0 saturated carbocycles. The van der Waals surface area contributed by atoms with Gasteiger partial charge in [-0.15, -0.1) is 0 Å². The first-order valence-corrected chi connectivity index (χ1v) is 11.4. The molecule has 1 rings (SSSR count). The van der Waals surface area contributed by atoms with Crippen LogP contribution in [0.25, 0.3) is 0 Å². The zero-order valence-corrected chi connectivity index (χ0v) is 17.7. The summed E-state index contributed by atoms with van der Waals surface area (Å²) < 4.78 is 11.0. The molecule has 1 fully saturated rings. The highest BCUT2D eigenvalue weighted by Crippen LogP contribution is 2.22. The molecule has 5 nitrogen and oxygen atoms in total. The number of hydrogen-bond acceptors (Lipinski definition) is 5. The second-order valence-corrected chi connectivity index (χ2v) is 8.15. The lowest BCUT2D eigenvalue weighted by atomic mass is 10.00. The molecule has 1 aliphatic heterocycles. The summed E-state index contributed by atoms with van der Waals surface area (Å²) >= 11 is 0. The van der Waals surface area contributed by atoms with Crippen molar-refractivity contribution in [2.24, 2.45) is 0 Å². The van der Waals surface area contributed by atoms with E-state index < -0.39 is 30.7 Å². The van der Waals surface area contributed by atoms with Crippen molar-refractivity contribution >= 4 is 0 Å². The second-order valence-electron chi connectivity index (χ2n) is 8.15. The lowest BCUT2D eigenvalue weighted by molar-refractivity contribution is -0.293. The Kier molecular flexibility index (Phi) is 14.4. The van der Waals surface area contributed by atoms with Gasteiger partial charge in [0.05, 0.1) is 6.10 Å². The highest BCUT2D eigenvalue weighted by Gasteiger charge is 2.42. The van der Waals surface area contributed by atoms with Gasteiger partial charge in [-0.1, -0.05) is 90.4 Å². The molecular weight excluding hydrogens is 344 g/mol. The van der Waals surface area contributed by atoms with Crippen LogP contribution in [0.2, 0.25) is 0 Å². The number of hydrogen-bond donors (Lipinski definition) is 3. The van der Waals surface area contributed by atoms with E-state index in [2.05, 4.69) is 6.92 Å². The summed E-state index contributed by atoms with van der Waals surface area (Å²) in [5, 5.41) is 29.3. The first-order chi connectivity index (χ1) is 13.1. The highest BCUT2D eigenvalue weighted by molar-refractivity contribution is 4.87. The van der Waals surface area contributed by atoms with Crippen LogP contribution in [0.3, 0.4) is 0 Å². The third-order valence-electron chi connectivity index (χ3n) is 5.59. The van der Waals surface area contributed by atoms with Gasteiger partial charge in [0.2, 0.25) is 0 Å². The van der Waals surface area contributed by atoms with Crippen LogP contribution in [0, 0.1) is 0 Å². The Hall–Kier alpha value is -0.200. The van der Waals surface area contributed by atoms with Crippen LogP contribution in [0.5, 0.6) is 0 Å². The molecule has 3 N–H and O–H groups in total. The maximum Gasteiger partial charge on any atom is 0.186 e. The van der Waals surface area contributed by atoms with Crippen LogP contribution in [0.15, 0.2) is 0 Å². The van der Waals surface area contributed by atoms with Gasteiger partial charge >= 0.3 is 0 Å². The Bertz CT molecular complexity index is 339. The number of aliphatic hydroxyl groups excluding tert-OH is 3. The molecule has 1 saturated heterocycles. The van der Waals surface area contributed by atoms with Crippen LogP contribution < -0.4 is 0 Å². The molecule has 0 aliphatic carbocycles. The van der Waals surface area contributed by atoms with Crippen LogP contribution in [-0.4, -0.2) is 52.6 Å². The predicted octanol–water partition coefficient (Wildman–Crippen LogP) is 4.31. The summed E-state index contributed by atoms with van der Waals surface area (Å²) in [5.41, 5.74) is 0. The zero-order chi connectivity index (χ0) is 19.9. The van der Waals surface area contributed by atoms with Gasteiger partial charge in [0.1, 0.15) is 18.3 Å². The topological polar surface area (TPSA) is 79.2 Å². The maximum absolute atomic E-state index is 9.88. The monoisotopic (exact) mass is 388 g/mol. The van der Waals surface area contributed by atoms with Crippen molar-refractivity contribution in [1.29, 1.82) is 0 Å². The minimum atomic E-state index is -1.21. The summed E-state index contributed by atoms with van der Waals surface area (Å²) in [7, 11) is 0. The van der Waals surface area contributed by atoms with Crippen molar-refractivity contribution in [3.63, 3.8) is 0 Å². The zero-order valence-electron chi connectivity index (χ0n) is 17.7. The minimum Gasteiger partial charge on any atom is -0.388 e. The average Bonchev–Trinajstić information content (AvgIpc) is 2.67. The van der Waals surface area contributed by atoms with Gasteiger partial charge in [0, 0.05) is 6.61 Å². The molecule has 0 aromatic heterocycles. The van der Waals surface area contributed by atoms with Crippen LogP contribution in [0.1, 0.15) is 104 Å². The van der Waals surface area contributed by atoms with Crippen LogP contribution in [-0.2, 0) is 9.47 Å². The van der Waals surface area contributed by atoms with Gasteiger partial charge in [-0.05, 0) is 13.3 Å². The molecule has 3 unspecified atom stereocenters. The lowest BCUT2D eigenvalue weighted by Gasteiger charge is -2.38. The smallest absolute Gasteiger partial charge is 0.186 e. The van der Waals surface area contributed by atoms with E-state index >= 15 is 0 Å². The molecule has 0 aromatic carbocycles. The maximum atomic E-state index is 9.88. The van der Waals surface area contributed by atoms with E-state index in [0.29, 0.717) is 6.61 Å². The first kappa shape index (κ1) is 24.8. The second kappa shape index (κ2) is 15.7. The van der Waals surface area contributed by atoms with Crippen molar-refractivity contribution in [2.45, 2.75) is 134 Å². The van der Waals surface area contributed by atoms with Crippen LogP contribution >= 0.6 is 0 Å². The van der Waals surface area contributed by atoms with Crippen molar-refractivity contribution in [1.82, 2.24) is 0 Å². The van der Waals surface area contributed by atoms with Gasteiger partial charge < -0.3 is 24.8 Å². The van der Waals surface area contributed by atoms with Gasteiger partial charge in [0.25, 0.3) is 0 Å². The third kappa shape index (κ3) is 10.8. The van der Waals surface area contributed by atoms with Crippen molar-refractivity contribution in [2.75, 3.05) is 6.61 Å². The van der Waals surface area contributed by atoms with E-state index in [0.717, 1.165) is 12.8 Å². The Balaban J connectivity index is 1.85. The molecule has 162 valence electrons. The molecule has 0 bridgehead atoms. The summed E-state index contributed by atoms with van der Waals surface area (Å²) in [6, 6.07) is 0. The van der Waals surface area contributed by atoms with Crippen LogP contribution in [0.4, 0.5) is 0 Å². The minimum absolute atomic E-state index is 0.509.